The number of aromatic nitrogens is 2. The zero-order valence-electron chi connectivity index (χ0n) is 17.6. The van der Waals surface area contributed by atoms with Crippen molar-refractivity contribution in [2.45, 2.75) is 32.6 Å². The van der Waals surface area contributed by atoms with Crippen molar-refractivity contribution in [2.24, 2.45) is 10.9 Å². The van der Waals surface area contributed by atoms with Crippen LogP contribution in [0.3, 0.4) is 0 Å². The van der Waals surface area contributed by atoms with Crippen molar-refractivity contribution in [1.82, 2.24) is 20.4 Å². The van der Waals surface area contributed by atoms with E-state index in [-0.39, 0.29) is 24.0 Å². The van der Waals surface area contributed by atoms with Crippen LogP contribution in [0.25, 0.3) is 11.5 Å². The summed E-state index contributed by atoms with van der Waals surface area (Å²) in [5, 5.41) is 7.36. The van der Waals surface area contributed by atoms with E-state index in [1.54, 1.807) is 0 Å². The van der Waals surface area contributed by atoms with Crippen molar-refractivity contribution in [2.75, 3.05) is 40.4 Å². The number of hydrogen-bond donors (Lipinski definition) is 1. The van der Waals surface area contributed by atoms with Crippen LogP contribution in [-0.2, 0) is 17.6 Å². The molecule has 0 amide bonds. The Bertz CT molecular complexity index is 759. The number of rotatable bonds is 10. The molecule has 8 heteroatoms. The van der Waals surface area contributed by atoms with E-state index in [0.29, 0.717) is 5.89 Å². The molecule has 0 atom stereocenters. The zero-order valence-corrected chi connectivity index (χ0v) is 19.9. The van der Waals surface area contributed by atoms with Gasteiger partial charge in [-0.3, -0.25) is 4.99 Å². The highest BCUT2D eigenvalue weighted by Gasteiger charge is 2.21. The van der Waals surface area contributed by atoms with E-state index < -0.39 is 0 Å². The Labute approximate surface area is 190 Å². The fraction of sp³-hybridized carbons (Fsp3) is 0.571. The molecule has 7 nitrogen and oxygen atoms in total. The van der Waals surface area contributed by atoms with Gasteiger partial charge in [-0.15, -0.1) is 24.0 Å². The first-order valence-electron chi connectivity index (χ1n) is 10.1. The number of benzene rings is 1. The molecule has 1 N–H and O–H groups in total. The summed E-state index contributed by atoms with van der Waals surface area (Å²) in [6.45, 7) is 5.31. The Morgan fingerprint density at radius 1 is 1.31 bits per heavy atom. The molecule has 1 aliphatic rings. The third kappa shape index (κ3) is 7.58. The summed E-state index contributed by atoms with van der Waals surface area (Å²) in [6.07, 6.45) is 4.34. The summed E-state index contributed by atoms with van der Waals surface area (Å²) in [4.78, 5) is 10.8. The first-order chi connectivity index (χ1) is 13.7. The topological polar surface area (TPSA) is 75.8 Å². The number of guanidine groups is 1. The van der Waals surface area contributed by atoms with Gasteiger partial charge in [0, 0.05) is 45.8 Å². The molecule has 1 aromatic carbocycles. The van der Waals surface area contributed by atoms with Crippen LogP contribution in [0.5, 0.6) is 0 Å². The van der Waals surface area contributed by atoms with Gasteiger partial charge in [0.15, 0.2) is 11.8 Å². The summed E-state index contributed by atoms with van der Waals surface area (Å²) in [5.74, 6) is 3.01. The third-order valence-corrected chi connectivity index (χ3v) is 4.88. The highest BCUT2D eigenvalue weighted by molar-refractivity contribution is 14.0. The Hall–Kier alpha value is -1.68. The maximum Gasteiger partial charge on any atom is 0.257 e. The molecule has 0 spiro atoms. The molecule has 1 aliphatic carbocycles. The lowest BCUT2D eigenvalue weighted by molar-refractivity contribution is 0.115. The molecule has 29 heavy (non-hydrogen) atoms. The second-order valence-corrected chi connectivity index (χ2v) is 7.23. The van der Waals surface area contributed by atoms with Crippen molar-refractivity contribution < 1.29 is 9.26 Å². The van der Waals surface area contributed by atoms with E-state index in [4.69, 9.17) is 9.26 Å². The first-order valence-corrected chi connectivity index (χ1v) is 10.1. The van der Waals surface area contributed by atoms with Crippen molar-refractivity contribution >= 4 is 29.9 Å². The number of hydrogen-bond acceptors (Lipinski definition) is 5. The SMILES string of the molecule is CCc1noc(-c2ccc(CCNC(=NC)N(C)CCOCC3CC3)cc2)n1.I. The molecule has 1 saturated carbocycles. The molecule has 0 unspecified atom stereocenters. The number of aliphatic imine (C=N–C) groups is 1. The van der Waals surface area contributed by atoms with E-state index in [1.165, 1.54) is 18.4 Å². The minimum absolute atomic E-state index is 0. The molecule has 1 heterocycles. The number of ether oxygens (including phenoxy) is 1. The van der Waals surface area contributed by atoms with Crippen molar-refractivity contribution in [3.63, 3.8) is 0 Å². The van der Waals surface area contributed by atoms with Crippen LogP contribution < -0.4 is 5.32 Å². The highest BCUT2D eigenvalue weighted by atomic mass is 127. The van der Waals surface area contributed by atoms with Crippen LogP contribution in [0, 0.1) is 5.92 Å². The van der Waals surface area contributed by atoms with Gasteiger partial charge in [0.05, 0.1) is 6.61 Å². The quantitative estimate of drug-likeness (QED) is 0.227. The molecule has 0 aliphatic heterocycles. The van der Waals surface area contributed by atoms with Crippen LogP contribution in [0.15, 0.2) is 33.8 Å². The van der Waals surface area contributed by atoms with Crippen molar-refractivity contribution in [1.29, 1.82) is 0 Å². The average molecular weight is 513 g/mol. The van der Waals surface area contributed by atoms with Gasteiger partial charge in [0.25, 0.3) is 5.89 Å². The van der Waals surface area contributed by atoms with E-state index in [9.17, 15) is 0 Å². The predicted octanol–water partition coefficient (Wildman–Crippen LogP) is 3.39. The second kappa shape index (κ2) is 12.1. The predicted molar refractivity (Wildman–Crippen MR) is 126 cm³/mol. The van der Waals surface area contributed by atoms with Gasteiger partial charge in [0.1, 0.15) is 0 Å². The molecule has 1 fully saturated rings. The van der Waals surface area contributed by atoms with Gasteiger partial charge in [0.2, 0.25) is 0 Å². The lowest BCUT2D eigenvalue weighted by Gasteiger charge is -2.22. The zero-order chi connectivity index (χ0) is 19.8. The highest BCUT2D eigenvalue weighted by Crippen LogP contribution is 2.28. The standard InChI is InChI=1S/C21H31N5O2.HI/c1-4-19-24-20(28-25-19)18-9-7-16(8-10-18)11-12-23-21(22-2)26(3)13-14-27-15-17-5-6-17;/h7-10,17H,4-6,11-15H2,1-3H3,(H,22,23);1H. The van der Waals surface area contributed by atoms with Gasteiger partial charge in [-0.05, 0) is 42.9 Å². The molecule has 2 aromatic rings. The number of halogens is 1. The summed E-state index contributed by atoms with van der Waals surface area (Å²) in [6, 6.07) is 8.26. The maximum atomic E-state index is 5.71. The molecule has 1 aromatic heterocycles. The molecule has 0 saturated heterocycles. The number of likely N-dealkylation sites (N-methyl/N-ethyl adjacent to an activating group) is 1. The fourth-order valence-corrected chi connectivity index (χ4v) is 2.87. The van der Waals surface area contributed by atoms with Gasteiger partial charge < -0.3 is 19.5 Å². The number of nitrogens with one attached hydrogen (secondary N) is 1. The van der Waals surface area contributed by atoms with Gasteiger partial charge in [-0.25, -0.2) is 0 Å². The Balaban J connectivity index is 0.00000300. The first kappa shape index (κ1) is 23.6. The van der Waals surface area contributed by atoms with Crippen molar-refractivity contribution in [3.8, 4) is 11.5 Å². The molecule has 160 valence electrons. The van der Waals surface area contributed by atoms with Crippen LogP contribution in [0.1, 0.15) is 31.2 Å². The van der Waals surface area contributed by atoms with Crippen LogP contribution in [0.4, 0.5) is 0 Å². The van der Waals surface area contributed by atoms with E-state index in [1.807, 2.05) is 33.2 Å². The average Bonchev–Trinajstić information content (AvgIpc) is 3.43. The van der Waals surface area contributed by atoms with Gasteiger partial charge in [-0.1, -0.05) is 24.2 Å². The Kier molecular flexibility index (Phi) is 9.86. The normalized spacial score (nSPS) is 13.8. The van der Waals surface area contributed by atoms with Crippen molar-refractivity contribution in [3.05, 3.63) is 35.7 Å². The Morgan fingerprint density at radius 3 is 2.69 bits per heavy atom. The summed E-state index contributed by atoms with van der Waals surface area (Å²) in [7, 11) is 3.85. The number of aryl methyl sites for hydroxylation is 1. The Morgan fingerprint density at radius 2 is 2.07 bits per heavy atom. The van der Waals surface area contributed by atoms with E-state index in [2.05, 4.69) is 37.5 Å². The third-order valence-electron chi connectivity index (χ3n) is 4.88. The van der Waals surface area contributed by atoms with Gasteiger partial charge >= 0.3 is 0 Å². The second-order valence-electron chi connectivity index (χ2n) is 7.23. The number of nitrogens with zero attached hydrogens (tertiary/aromatic N) is 4. The lowest BCUT2D eigenvalue weighted by atomic mass is 10.1. The fourth-order valence-electron chi connectivity index (χ4n) is 2.87. The summed E-state index contributed by atoms with van der Waals surface area (Å²) < 4.78 is 11.0. The smallest absolute Gasteiger partial charge is 0.257 e. The minimum Gasteiger partial charge on any atom is -0.379 e. The molecule has 0 bridgehead atoms. The largest absolute Gasteiger partial charge is 0.379 e. The molecular formula is C21H32IN5O2. The molecular weight excluding hydrogens is 481 g/mol. The van der Waals surface area contributed by atoms with Crippen LogP contribution in [0.2, 0.25) is 0 Å². The van der Waals surface area contributed by atoms with Gasteiger partial charge in [-0.2, -0.15) is 4.98 Å². The molecule has 3 rings (SSSR count). The summed E-state index contributed by atoms with van der Waals surface area (Å²) >= 11 is 0. The monoisotopic (exact) mass is 513 g/mol. The van der Waals surface area contributed by atoms with Crippen LogP contribution >= 0.6 is 24.0 Å². The minimum atomic E-state index is 0. The van der Waals surface area contributed by atoms with E-state index in [0.717, 1.165) is 62.4 Å². The van der Waals surface area contributed by atoms with Crippen LogP contribution in [-0.4, -0.2) is 61.4 Å². The molecule has 0 radical (unpaired) electrons. The van der Waals surface area contributed by atoms with E-state index >= 15 is 0 Å². The lowest BCUT2D eigenvalue weighted by Crippen LogP contribution is -2.41. The maximum absolute atomic E-state index is 5.71. The summed E-state index contributed by atoms with van der Waals surface area (Å²) in [5.41, 5.74) is 2.20.